The van der Waals surface area contributed by atoms with Crippen LogP contribution in [-0.2, 0) is 14.3 Å². The van der Waals surface area contributed by atoms with Gasteiger partial charge in [0.2, 0.25) is 5.91 Å². The van der Waals surface area contributed by atoms with Crippen molar-refractivity contribution in [2.24, 2.45) is 0 Å². The number of rotatable bonds is 9. The molecule has 0 aliphatic heterocycles. The van der Waals surface area contributed by atoms with Crippen LogP contribution >= 0.6 is 0 Å². The molecule has 0 aliphatic rings. The lowest BCUT2D eigenvalue weighted by Crippen LogP contribution is -2.16. The normalized spacial score (nSPS) is 10.8. The molecule has 0 radical (unpaired) electrons. The molecule has 0 aliphatic carbocycles. The van der Waals surface area contributed by atoms with E-state index in [9.17, 15) is 14.4 Å². The highest BCUT2D eigenvalue weighted by molar-refractivity contribution is 6.10. The van der Waals surface area contributed by atoms with Gasteiger partial charge in [-0.3, -0.25) is 9.59 Å². The van der Waals surface area contributed by atoms with E-state index in [1.54, 1.807) is 30.3 Å². The molecule has 0 heterocycles. The van der Waals surface area contributed by atoms with Gasteiger partial charge in [0.25, 0.3) is 5.91 Å². The monoisotopic (exact) mass is 426 g/mol. The second kappa shape index (κ2) is 11.4. The van der Waals surface area contributed by atoms with Crippen molar-refractivity contribution in [3.05, 3.63) is 59.7 Å². The highest BCUT2D eigenvalue weighted by Gasteiger charge is 2.11. The summed E-state index contributed by atoms with van der Waals surface area (Å²) >= 11 is 0. The molecule has 2 aromatic carbocycles. The second-order valence-corrected chi connectivity index (χ2v) is 6.37. The fourth-order valence-corrected chi connectivity index (χ4v) is 2.61. The van der Waals surface area contributed by atoms with E-state index < -0.39 is 17.8 Å². The molecule has 164 valence electrons. The topological polar surface area (TPSA) is 103 Å². The number of amides is 2. The summed E-state index contributed by atoms with van der Waals surface area (Å²) in [4.78, 5) is 36.1. The number of ether oxygens (including phenoxy) is 3. The van der Waals surface area contributed by atoms with Gasteiger partial charge >= 0.3 is 5.97 Å². The smallest absolute Gasteiger partial charge is 0.337 e. The van der Waals surface area contributed by atoms with Gasteiger partial charge in [0.05, 0.1) is 25.9 Å². The number of hydrogen-bond donors (Lipinski definition) is 2. The molecule has 2 aromatic rings. The number of hydrogen-bond acceptors (Lipinski definition) is 6. The number of carbonyl (C=O) groups is 3. The van der Waals surface area contributed by atoms with Crippen molar-refractivity contribution in [2.75, 3.05) is 31.0 Å². The van der Waals surface area contributed by atoms with Crippen molar-refractivity contribution in [2.45, 2.75) is 20.8 Å². The lowest BCUT2D eigenvalue weighted by molar-refractivity contribution is -0.114. The average Bonchev–Trinajstić information content (AvgIpc) is 2.75. The standard InChI is InChI=1S/C23H26N2O6/c1-5-30-19-12-11-18(14-20(19)31-6-2)24-21(26)13-15(3)22(27)25-17-9-7-16(8-10-17)23(28)29-4/h7-14H,5-6H2,1-4H3,(H,24,26)(H,25,27)/b15-13+. The maximum atomic E-state index is 12.3. The molecule has 31 heavy (non-hydrogen) atoms. The summed E-state index contributed by atoms with van der Waals surface area (Å²) in [5, 5.41) is 5.37. The molecule has 0 spiro atoms. The second-order valence-electron chi connectivity index (χ2n) is 6.37. The summed E-state index contributed by atoms with van der Waals surface area (Å²) in [5.74, 6) is -0.252. The van der Waals surface area contributed by atoms with Crippen molar-refractivity contribution < 1.29 is 28.6 Å². The van der Waals surface area contributed by atoms with Crippen molar-refractivity contribution >= 4 is 29.2 Å². The van der Waals surface area contributed by atoms with Crippen LogP contribution in [0.5, 0.6) is 11.5 Å². The predicted molar refractivity (Wildman–Crippen MR) is 118 cm³/mol. The number of anilines is 2. The van der Waals surface area contributed by atoms with Crippen molar-refractivity contribution in [3.8, 4) is 11.5 Å². The number of methoxy groups -OCH3 is 1. The van der Waals surface area contributed by atoms with Crippen molar-refractivity contribution in [1.29, 1.82) is 0 Å². The van der Waals surface area contributed by atoms with E-state index >= 15 is 0 Å². The molecule has 0 unspecified atom stereocenters. The summed E-state index contributed by atoms with van der Waals surface area (Å²) < 4.78 is 15.7. The zero-order valence-corrected chi connectivity index (χ0v) is 18.0. The van der Waals surface area contributed by atoms with E-state index in [0.717, 1.165) is 0 Å². The molecule has 2 amide bonds. The molecule has 0 saturated carbocycles. The van der Waals surface area contributed by atoms with Crippen LogP contribution in [0.15, 0.2) is 54.1 Å². The zero-order chi connectivity index (χ0) is 22.8. The first-order valence-electron chi connectivity index (χ1n) is 9.76. The van der Waals surface area contributed by atoms with Gasteiger partial charge in [-0.1, -0.05) is 0 Å². The molecule has 2 N–H and O–H groups in total. The average molecular weight is 426 g/mol. The summed E-state index contributed by atoms with van der Waals surface area (Å²) in [6.45, 7) is 6.21. The minimum atomic E-state index is -0.465. The van der Waals surface area contributed by atoms with Crippen LogP contribution < -0.4 is 20.1 Å². The Morgan fingerprint density at radius 3 is 2.10 bits per heavy atom. The first-order valence-corrected chi connectivity index (χ1v) is 9.76. The zero-order valence-electron chi connectivity index (χ0n) is 18.0. The first-order chi connectivity index (χ1) is 14.9. The molecule has 2 rings (SSSR count). The van der Waals surface area contributed by atoms with Crippen LogP contribution in [0.1, 0.15) is 31.1 Å². The Kier molecular flexibility index (Phi) is 8.63. The third-order valence-electron chi connectivity index (χ3n) is 4.08. The van der Waals surface area contributed by atoms with Gasteiger partial charge in [-0.2, -0.15) is 0 Å². The van der Waals surface area contributed by atoms with E-state index in [2.05, 4.69) is 15.4 Å². The molecular formula is C23H26N2O6. The molecule has 0 fully saturated rings. The molecule has 0 saturated heterocycles. The van der Waals surface area contributed by atoms with Gasteiger partial charge in [-0.15, -0.1) is 0 Å². The largest absolute Gasteiger partial charge is 0.490 e. The summed E-state index contributed by atoms with van der Waals surface area (Å²) in [7, 11) is 1.29. The van der Waals surface area contributed by atoms with Crippen LogP contribution in [0, 0.1) is 0 Å². The first kappa shape index (κ1) is 23.5. The van der Waals surface area contributed by atoms with E-state index in [1.165, 1.54) is 32.2 Å². The molecule has 0 bridgehead atoms. The van der Waals surface area contributed by atoms with E-state index in [4.69, 9.17) is 9.47 Å². The lowest BCUT2D eigenvalue weighted by Gasteiger charge is -2.12. The van der Waals surface area contributed by atoms with E-state index in [-0.39, 0.29) is 5.57 Å². The number of nitrogens with one attached hydrogen (secondary N) is 2. The Labute approximate surface area is 181 Å². The Bertz CT molecular complexity index is 967. The van der Waals surface area contributed by atoms with Crippen LogP contribution in [-0.4, -0.2) is 38.1 Å². The fourth-order valence-electron chi connectivity index (χ4n) is 2.61. The number of carbonyl (C=O) groups excluding carboxylic acids is 3. The quantitative estimate of drug-likeness (QED) is 0.467. The Hall–Kier alpha value is -3.81. The SMILES string of the molecule is CCOc1ccc(NC(=O)/C=C(\C)C(=O)Nc2ccc(C(=O)OC)cc2)cc1OCC. The van der Waals surface area contributed by atoms with E-state index in [0.29, 0.717) is 41.7 Å². The Morgan fingerprint density at radius 1 is 0.871 bits per heavy atom. The molecule has 0 aromatic heterocycles. The predicted octanol–water partition coefficient (Wildman–Crippen LogP) is 3.79. The molecule has 8 heteroatoms. The molecule has 8 nitrogen and oxygen atoms in total. The molecule has 0 atom stereocenters. The van der Waals surface area contributed by atoms with Gasteiger partial charge in [0.15, 0.2) is 11.5 Å². The van der Waals surface area contributed by atoms with Crippen LogP contribution in [0.25, 0.3) is 0 Å². The Morgan fingerprint density at radius 2 is 1.48 bits per heavy atom. The molecular weight excluding hydrogens is 400 g/mol. The van der Waals surface area contributed by atoms with Gasteiger partial charge in [0, 0.05) is 29.1 Å². The van der Waals surface area contributed by atoms with Gasteiger partial charge in [-0.05, 0) is 57.2 Å². The summed E-state index contributed by atoms with van der Waals surface area (Å²) in [6, 6.07) is 11.3. The highest BCUT2D eigenvalue weighted by Crippen LogP contribution is 2.30. The number of esters is 1. The minimum absolute atomic E-state index is 0.213. The summed E-state index contributed by atoms with van der Waals surface area (Å²) in [6.07, 6.45) is 1.20. The minimum Gasteiger partial charge on any atom is -0.490 e. The maximum Gasteiger partial charge on any atom is 0.337 e. The summed E-state index contributed by atoms with van der Waals surface area (Å²) in [5.41, 5.74) is 1.58. The van der Waals surface area contributed by atoms with Crippen LogP contribution in [0.2, 0.25) is 0 Å². The van der Waals surface area contributed by atoms with Gasteiger partial charge < -0.3 is 24.8 Å². The van der Waals surface area contributed by atoms with Gasteiger partial charge in [-0.25, -0.2) is 4.79 Å². The van der Waals surface area contributed by atoms with Crippen LogP contribution in [0.4, 0.5) is 11.4 Å². The highest BCUT2D eigenvalue weighted by atomic mass is 16.5. The third-order valence-corrected chi connectivity index (χ3v) is 4.08. The van der Waals surface area contributed by atoms with Gasteiger partial charge in [0.1, 0.15) is 0 Å². The third kappa shape index (κ3) is 6.88. The number of benzene rings is 2. The van der Waals surface area contributed by atoms with E-state index in [1.807, 2.05) is 13.8 Å². The van der Waals surface area contributed by atoms with Crippen molar-refractivity contribution in [3.63, 3.8) is 0 Å². The lowest BCUT2D eigenvalue weighted by atomic mass is 10.2. The van der Waals surface area contributed by atoms with Crippen LogP contribution in [0.3, 0.4) is 0 Å². The maximum absolute atomic E-state index is 12.3. The van der Waals surface area contributed by atoms with Crippen molar-refractivity contribution in [1.82, 2.24) is 0 Å². The fraction of sp³-hybridized carbons (Fsp3) is 0.261. The Balaban J connectivity index is 2.02.